The van der Waals surface area contributed by atoms with Crippen molar-refractivity contribution in [3.63, 3.8) is 0 Å². The third kappa shape index (κ3) is 4.09. The summed E-state index contributed by atoms with van der Waals surface area (Å²) in [5.74, 6) is 0.0903. The molecule has 4 rings (SSSR count). The molecule has 0 bridgehead atoms. The van der Waals surface area contributed by atoms with E-state index in [4.69, 9.17) is 0 Å². The van der Waals surface area contributed by atoms with Gasteiger partial charge in [-0.15, -0.1) is 0 Å². The minimum Gasteiger partial charge on any atom is -0.335 e. The van der Waals surface area contributed by atoms with E-state index in [-0.39, 0.29) is 17.9 Å². The van der Waals surface area contributed by atoms with E-state index >= 15 is 0 Å². The number of nitrogens with zero attached hydrogens (tertiary/aromatic N) is 2. The van der Waals surface area contributed by atoms with Gasteiger partial charge in [0.05, 0.1) is 10.9 Å². The molecule has 2 saturated heterocycles. The summed E-state index contributed by atoms with van der Waals surface area (Å²) in [5, 5.41) is 0. The topological polar surface area (TPSA) is 57.7 Å². The first-order chi connectivity index (χ1) is 14.0. The molecule has 2 aromatic carbocycles. The van der Waals surface area contributed by atoms with Crippen LogP contribution in [-0.4, -0.2) is 43.2 Å². The van der Waals surface area contributed by atoms with Gasteiger partial charge in [-0.3, -0.25) is 4.79 Å². The fourth-order valence-electron chi connectivity index (χ4n) is 4.49. The highest BCUT2D eigenvalue weighted by atomic mass is 32.2. The van der Waals surface area contributed by atoms with Crippen LogP contribution in [-0.2, 0) is 14.8 Å². The number of aryl methyl sites for hydroxylation is 1. The van der Waals surface area contributed by atoms with E-state index in [1.165, 1.54) is 9.87 Å². The molecule has 0 radical (unpaired) electrons. The summed E-state index contributed by atoms with van der Waals surface area (Å²) in [6, 6.07) is 17.3. The number of likely N-dealkylation sites (tertiary alicyclic amines) is 1. The Balaban J connectivity index is 1.41. The molecular formula is C23H28N2O3S. The zero-order valence-electron chi connectivity index (χ0n) is 16.8. The van der Waals surface area contributed by atoms with E-state index in [1.807, 2.05) is 42.2 Å². The van der Waals surface area contributed by atoms with Crippen LogP contribution >= 0.6 is 0 Å². The number of carbonyl (C=O) groups is 1. The van der Waals surface area contributed by atoms with Gasteiger partial charge in [0.1, 0.15) is 0 Å². The summed E-state index contributed by atoms with van der Waals surface area (Å²) in [5.41, 5.74) is 2.23. The zero-order valence-corrected chi connectivity index (χ0v) is 17.6. The number of carbonyl (C=O) groups excluding carboxylic acids is 1. The van der Waals surface area contributed by atoms with Gasteiger partial charge in [-0.1, -0.05) is 48.0 Å². The van der Waals surface area contributed by atoms with Gasteiger partial charge in [0.2, 0.25) is 15.9 Å². The summed E-state index contributed by atoms with van der Waals surface area (Å²) >= 11 is 0. The van der Waals surface area contributed by atoms with Crippen LogP contribution in [0.15, 0.2) is 59.5 Å². The van der Waals surface area contributed by atoms with Gasteiger partial charge in [-0.2, -0.15) is 4.31 Å². The maximum Gasteiger partial charge on any atom is 0.243 e. The Hall–Kier alpha value is -2.18. The average molecular weight is 413 g/mol. The SMILES string of the molecule is Cc1ccc(S(=O)(=O)N2CCC(C(=O)N3CCC[C@@H]3c3ccccc3)CC2)cc1. The van der Waals surface area contributed by atoms with Crippen molar-refractivity contribution in [2.45, 2.75) is 43.5 Å². The highest BCUT2D eigenvalue weighted by Gasteiger charge is 2.37. The molecule has 0 saturated carbocycles. The van der Waals surface area contributed by atoms with Crippen molar-refractivity contribution < 1.29 is 13.2 Å². The van der Waals surface area contributed by atoms with Gasteiger partial charge in [-0.25, -0.2) is 8.42 Å². The van der Waals surface area contributed by atoms with Crippen LogP contribution in [0.2, 0.25) is 0 Å². The molecule has 0 unspecified atom stereocenters. The summed E-state index contributed by atoms with van der Waals surface area (Å²) in [6.45, 7) is 3.53. The van der Waals surface area contributed by atoms with Crippen LogP contribution in [0.5, 0.6) is 0 Å². The first-order valence-corrected chi connectivity index (χ1v) is 11.8. The Morgan fingerprint density at radius 2 is 1.55 bits per heavy atom. The highest BCUT2D eigenvalue weighted by molar-refractivity contribution is 7.89. The van der Waals surface area contributed by atoms with Crippen LogP contribution in [0.25, 0.3) is 0 Å². The number of amides is 1. The van der Waals surface area contributed by atoms with Crippen molar-refractivity contribution in [2.75, 3.05) is 19.6 Å². The minimum absolute atomic E-state index is 0.0937. The molecule has 5 nitrogen and oxygen atoms in total. The Morgan fingerprint density at radius 1 is 0.897 bits per heavy atom. The second-order valence-electron chi connectivity index (χ2n) is 8.09. The van der Waals surface area contributed by atoms with E-state index in [2.05, 4.69) is 12.1 Å². The van der Waals surface area contributed by atoms with Gasteiger partial charge >= 0.3 is 0 Å². The van der Waals surface area contributed by atoms with E-state index in [0.29, 0.717) is 30.8 Å². The zero-order chi connectivity index (χ0) is 20.4. The van der Waals surface area contributed by atoms with Crippen molar-refractivity contribution in [3.05, 3.63) is 65.7 Å². The molecular weight excluding hydrogens is 384 g/mol. The Bertz CT molecular complexity index is 949. The Morgan fingerprint density at radius 3 is 2.21 bits per heavy atom. The lowest BCUT2D eigenvalue weighted by atomic mass is 9.95. The molecule has 1 amide bonds. The average Bonchev–Trinajstić information content (AvgIpc) is 3.24. The number of sulfonamides is 1. The Kier molecular flexibility index (Phi) is 5.74. The summed E-state index contributed by atoms with van der Waals surface area (Å²) in [7, 11) is -3.49. The number of hydrogen-bond acceptors (Lipinski definition) is 3. The van der Waals surface area contributed by atoms with Gasteiger partial charge in [0.25, 0.3) is 0 Å². The van der Waals surface area contributed by atoms with Crippen molar-refractivity contribution in [2.24, 2.45) is 5.92 Å². The van der Waals surface area contributed by atoms with E-state index in [1.54, 1.807) is 12.1 Å². The molecule has 0 aliphatic carbocycles. The molecule has 29 heavy (non-hydrogen) atoms. The van der Waals surface area contributed by atoms with Gasteiger partial charge < -0.3 is 4.90 Å². The predicted molar refractivity (Wildman–Crippen MR) is 113 cm³/mol. The van der Waals surface area contributed by atoms with Gasteiger partial charge in [-0.05, 0) is 50.3 Å². The number of rotatable bonds is 4. The number of hydrogen-bond donors (Lipinski definition) is 0. The summed E-state index contributed by atoms with van der Waals surface area (Å²) in [4.78, 5) is 15.6. The van der Waals surface area contributed by atoms with Crippen LogP contribution in [0.1, 0.15) is 42.9 Å². The quantitative estimate of drug-likeness (QED) is 0.768. The largest absolute Gasteiger partial charge is 0.335 e. The third-order valence-corrected chi connectivity index (χ3v) is 8.10. The fourth-order valence-corrected chi connectivity index (χ4v) is 5.96. The number of piperidine rings is 1. The molecule has 2 heterocycles. The monoisotopic (exact) mass is 412 g/mol. The summed E-state index contributed by atoms with van der Waals surface area (Å²) < 4.78 is 27.3. The lowest BCUT2D eigenvalue weighted by Gasteiger charge is -2.34. The van der Waals surface area contributed by atoms with E-state index in [0.717, 1.165) is 24.9 Å². The van der Waals surface area contributed by atoms with Crippen molar-refractivity contribution in [3.8, 4) is 0 Å². The lowest BCUT2D eigenvalue weighted by molar-refractivity contribution is -0.137. The molecule has 0 spiro atoms. The highest BCUT2D eigenvalue weighted by Crippen LogP contribution is 2.35. The molecule has 1 atom stereocenters. The van der Waals surface area contributed by atoms with Crippen molar-refractivity contribution >= 4 is 15.9 Å². The van der Waals surface area contributed by atoms with Crippen LogP contribution in [0, 0.1) is 12.8 Å². The van der Waals surface area contributed by atoms with Gasteiger partial charge in [0, 0.05) is 25.6 Å². The third-order valence-electron chi connectivity index (χ3n) is 6.18. The second-order valence-corrected chi connectivity index (χ2v) is 10.0. The predicted octanol–water partition coefficient (Wildman–Crippen LogP) is 3.76. The molecule has 2 aliphatic rings. The van der Waals surface area contributed by atoms with Crippen LogP contribution in [0.3, 0.4) is 0 Å². The maximum atomic E-state index is 13.2. The molecule has 2 aliphatic heterocycles. The first-order valence-electron chi connectivity index (χ1n) is 10.4. The molecule has 2 fully saturated rings. The number of benzene rings is 2. The maximum absolute atomic E-state index is 13.2. The smallest absolute Gasteiger partial charge is 0.243 e. The minimum atomic E-state index is -3.49. The lowest BCUT2D eigenvalue weighted by Crippen LogP contribution is -2.44. The van der Waals surface area contributed by atoms with E-state index in [9.17, 15) is 13.2 Å². The van der Waals surface area contributed by atoms with Crippen LogP contribution in [0.4, 0.5) is 0 Å². The van der Waals surface area contributed by atoms with Crippen molar-refractivity contribution in [1.82, 2.24) is 9.21 Å². The van der Waals surface area contributed by atoms with Gasteiger partial charge in [0.15, 0.2) is 0 Å². The molecule has 2 aromatic rings. The van der Waals surface area contributed by atoms with E-state index < -0.39 is 10.0 Å². The molecule has 6 heteroatoms. The molecule has 0 aromatic heterocycles. The second kappa shape index (κ2) is 8.28. The summed E-state index contributed by atoms with van der Waals surface area (Å²) in [6.07, 6.45) is 3.19. The normalized spacial score (nSPS) is 21.4. The molecule has 0 N–H and O–H groups in total. The first kappa shape index (κ1) is 20.1. The van der Waals surface area contributed by atoms with Crippen molar-refractivity contribution in [1.29, 1.82) is 0 Å². The molecule has 154 valence electrons. The standard InChI is InChI=1S/C23H28N2O3S/c1-18-9-11-21(12-10-18)29(27,28)24-16-13-20(14-17-24)23(26)25-15-5-8-22(25)19-6-3-2-4-7-19/h2-4,6-7,9-12,20,22H,5,8,13-17H2,1H3/t22-/m1/s1. The van der Waals surface area contributed by atoms with Crippen LogP contribution < -0.4 is 0 Å². The Labute approximate surface area is 173 Å². The fraction of sp³-hybridized carbons (Fsp3) is 0.435.